The largest absolute Gasteiger partial charge is 0.495 e. The van der Waals surface area contributed by atoms with Crippen molar-refractivity contribution in [2.75, 3.05) is 39.1 Å². The van der Waals surface area contributed by atoms with Gasteiger partial charge in [-0.2, -0.15) is 4.98 Å². The molecule has 0 bridgehead atoms. The summed E-state index contributed by atoms with van der Waals surface area (Å²) < 4.78 is 21.4. The predicted octanol–water partition coefficient (Wildman–Crippen LogP) is 3.72. The Hall–Kier alpha value is -4.67. The van der Waals surface area contributed by atoms with Crippen LogP contribution in [0.25, 0.3) is 11.4 Å². The summed E-state index contributed by atoms with van der Waals surface area (Å²) >= 11 is 0. The fraction of sp³-hybridized carbons (Fsp3) is 0.208. The van der Waals surface area contributed by atoms with Crippen LogP contribution in [0, 0.1) is 0 Å². The number of rotatable bonds is 10. The summed E-state index contributed by atoms with van der Waals surface area (Å²) in [4.78, 5) is 22.0. The number of pyridine rings is 2. The Balaban J connectivity index is 1.56. The van der Waals surface area contributed by atoms with Gasteiger partial charge in [0.25, 0.3) is 0 Å². The first-order valence-electron chi connectivity index (χ1n) is 10.6. The average Bonchev–Trinajstić information content (AvgIpc) is 2.91. The fourth-order valence-corrected chi connectivity index (χ4v) is 3.31. The Bertz CT molecular complexity index is 1260. The number of nitrogens with zero attached hydrogens (tertiary/aromatic N) is 5. The number of hydrogen-bond donors (Lipinski definition) is 2. The Morgan fingerprint density at radius 2 is 1.63 bits per heavy atom. The van der Waals surface area contributed by atoms with Crippen LogP contribution in [0.3, 0.4) is 0 Å². The van der Waals surface area contributed by atoms with Gasteiger partial charge in [0.2, 0.25) is 11.7 Å². The van der Waals surface area contributed by atoms with Crippen LogP contribution in [-0.2, 0) is 6.54 Å². The molecule has 0 aliphatic rings. The van der Waals surface area contributed by atoms with Gasteiger partial charge in [-0.15, -0.1) is 0 Å². The van der Waals surface area contributed by atoms with E-state index in [4.69, 9.17) is 18.9 Å². The van der Waals surface area contributed by atoms with Crippen LogP contribution in [0.2, 0.25) is 0 Å². The number of hydrogen-bond acceptors (Lipinski definition) is 11. The minimum Gasteiger partial charge on any atom is -0.495 e. The van der Waals surface area contributed by atoms with Gasteiger partial charge in [0.1, 0.15) is 17.9 Å². The minimum atomic E-state index is 0.343. The summed E-state index contributed by atoms with van der Waals surface area (Å²) in [5.41, 5.74) is 2.21. The summed E-state index contributed by atoms with van der Waals surface area (Å²) in [6, 6.07) is 11.0. The van der Waals surface area contributed by atoms with E-state index in [1.54, 1.807) is 53.0 Å². The maximum absolute atomic E-state index is 5.42. The Labute approximate surface area is 202 Å². The zero-order valence-corrected chi connectivity index (χ0v) is 19.8. The molecule has 0 aliphatic heterocycles. The summed E-state index contributed by atoms with van der Waals surface area (Å²) in [5, 5.41) is 6.46. The third kappa shape index (κ3) is 5.46. The molecule has 3 heterocycles. The van der Waals surface area contributed by atoms with Gasteiger partial charge in [0, 0.05) is 24.0 Å². The van der Waals surface area contributed by atoms with Gasteiger partial charge in [0.15, 0.2) is 17.3 Å². The van der Waals surface area contributed by atoms with Gasteiger partial charge >= 0.3 is 0 Å². The van der Waals surface area contributed by atoms with E-state index in [0.717, 1.165) is 11.3 Å². The highest BCUT2D eigenvalue weighted by molar-refractivity contribution is 5.71. The molecule has 0 aliphatic carbocycles. The van der Waals surface area contributed by atoms with Gasteiger partial charge in [-0.3, -0.25) is 4.98 Å². The molecule has 0 saturated carbocycles. The van der Waals surface area contributed by atoms with E-state index in [1.807, 2.05) is 24.3 Å². The number of aromatic nitrogens is 5. The van der Waals surface area contributed by atoms with E-state index in [-0.39, 0.29) is 0 Å². The van der Waals surface area contributed by atoms with E-state index >= 15 is 0 Å². The normalized spacial score (nSPS) is 10.4. The van der Waals surface area contributed by atoms with Gasteiger partial charge in [-0.25, -0.2) is 15.0 Å². The van der Waals surface area contributed by atoms with E-state index < -0.39 is 0 Å². The summed E-state index contributed by atoms with van der Waals surface area (Å²) in [6.45, 7) is 0.468. The summed E-state index contributed by atoms with van der Waals surface area (Å²) in [6.07, 6.45) is 4.80. The molecular weight excluding hydrogens is 450 g/mol. The lowest BCUT2D eigenvalue weighted by molar-refractivity contribution is 0.324. The van der Waals surface area contributed by atoms with Gasteiger partial charge in [0.05, 0.1) is 52.4 Å². The number of ether oxygens (including phenoxy) is 4. The van der Waals surface area contributed by atoms with Gasteiger partial charge in [-0.05, 0) is 24.3 Å². The first-order valence-corrected chi connectivity index (χ1v) is 10.6. The highest BCUT2D eigenvalue weighted by Gasteiger charge is 2.15. The molecule has 11 heteroatoms. The molecular formula is C24H25N7O4. The number of methoxy groups -OCH3 is 4. The molecule has 0 atom stereocenters. The van der Waals surface area contributed by atoms with E-state index in [2.05, 4.69) is 35.6 Å². The second-order valence-corrected chi connectivity index (χ2v) is 7.11. The third-order valence-corrected chi connectivity index (χ3v) is 5.01. The zero-order chi connectivity index (χ0) is 24.6. The molecule has 3 aromatic heterocycles. The number of anilines is 3. The minimum absolute atomic E-state index is 0.343. The molecule has 1 aromatic carbocycles. The van der Waals surface area contributed by atoms with Gasteiger partial charge < -0.3 is 29.6 Å². The molecule has 4 aromatic rings. The Morgan fingerprint density at radius 1 is 0.829 bits per heavy atom. The molecule has 2 N–H and O–H groups in total. The van der Waals surface area contributed by atoms with Crippen molar-refractivity contribution < 1.29 is 18.9 Å². The molecule has 0 unspecified atom stereocenters. The van der Waals surface area contributed by atoms with Crippen molar-refractivity contribution in [3.05, 3.63) is 60.8 Å². The van der Waals surface area contributed by atoms with Crippen molar-refractivity contribution in [1.82, 2.24) is 24.9 Å². The van der Waals surface area contributed by atoms with Crippen molar-refractivity contribution in [3.63, 3.8) is 0 Å². The molecule has 11 nitrogen and oxygen atoms in total. The van der Waals surface area contributed by atoms with Crippen molar-refractivity contribution >= 4 is 17.5 Å². The lowest BCUT2D eigenvalue weighted by atomic mass is 10.2. The molecule has 0 radical (unpaired) electrons. The highest BCUT2D eigenvalue weighted by Crippen LogP contribution is 2.40. The highest BCUT2D eigenvalue weighted by atomic mass is 16.5. The maximum atomic E-state index is 5.42. The van der Waals surface area contributed by atoms with Crippen molar-refractivity contribution in [2.24, 2.45) is 0 Å². The van der Waals surface area contributed by atoms with Crippen LogP contribution >= 0.6 is 0 Å². The van der Waals surface area contributed by atoms with Gasteiger partial charge in [-0.1, -0.05) is 0 Å². The molecule has 180 valence electrons. The van der Waals surface area contributed by atoms with Crippen LogP contribution in [0.5, 0.6) is 23.0 Å². The lowest BCUT2D eigenvalue weighted by Gasteiger charge is -2.15. The van der Waals surface area contributed by atoms with Crippen LogP contribution in [0.15, 0.2) is 55.1 Å². The molecule has 0 saturated heterocycles. The van der Waals surface area contributed by atoms with Crippen molar-refractivity contribution in [1.29, 1.82) is 0 Å². The van der Waals surface area contributed by atoms with Crippen molar-refractivity contribution in [3.8, 4) is 34.4 Å². The second-order valence-electron chi connectivity index (χ2n) is 7.11. The molecule has 35 heavy (non-hydrogen) atoms. The summed E-state index contributed by atoms with van der Waals surface area (Å²) in [7, 11) is 6.27. The Morgan fingerprint density at radius 3 is 2.29 bits per heavy atom. The zero-order valence-electron chi connectivity index (χ0n) is 19.8. The molecule has 0 amide bonds. The molecule has 0 fully saturated rings. The molecule has 0 spiro atoms. The monoisotopic (exact) mass is 475 g/mol. The van der Waals surface area contributed by atoms with Crippen molar-refractivity contribution in [2.45, 2.75) is 6.54 Å². The SMILES string of the molecule is COc1ccc(CNc2ncccc2-c2ncnc(Nc3cc(OC)c(OC)c(OC)c3)n2)nc1. The number of nitrogens with one attached hydrogen (secondary N) is 2. The third-order valence-electron chi connectivity index (χ3n) is 5.01. The number of benzene rings is 1. The van der Waals surface area contributed by atoms with E-state index in [0.29, 0.717) is 52.8 Å². The first-order chi connectivity index (χ1) is 17.1. The smallest absolute Gasteiger partial charge is 0.230 e. The Kier molecular flexibility index (Phi) is 7.36. The van der Waals surface area contributed by atoms with Crippen LogP contribution in [0.4, 0.5) is 17.5 Å². The van der Waals surface area contributed by atoms with E-state index in [9.17, 15) is 0 Å². The first kappa shape index (κ1) is 23.5. The molecule has 4 rings (SSSR count). The second kappa shape index (κ2) is 11.0. The standard InChI is InChI=1S/C24H25N7O4/c1-32-17-8-7-15(26-13-17)12-27-22-18(6-5-9-25-22)23-28-14-29-24(31-23)30-16-10-19(33-2)21(35-4)20(11-16)34-3/h5-11,13-14H,12H2,1-4H3,(H,25,27)(H,28,29,30,31). The van der Waals surface area contributed by atoms with Crippen LogP contribution in [0.1, 0.15) is 5.69 Å². The summed E-state index contributed by atoms with van der Waals surface area (Å²) in [5.74, 6) is 3.63. The van der Waals surface area contributed by atoms with Crippen LogP contribution < -0.4 is 29.6 Å². The topological polar surface area (TPSA) is 125 Å². The fourth-order valence-electron chi connectivity index (χ4n) is 3.31. The van der Waals surface area contributed by atoms with Crippen LogP contribution in [-0.4, -0.2) is 53.4 Å². The lowest BCUT2D eigenvalue weighted by Crippen LogP contribution is -2.06. The maximum Gasteiger partial charge on any atom is 0.230 e. The predicted molar refractivity (Wildman–Crippen MR) is 131 cm³/mol. The quantitative estimate of drug-likeness (QED) is 0.348. The average molecular weight is 476 g/mol. The van der Waals surface area contributed by atoms with E-state index in [1.165, 1.54) is 6.33 Å².